The molecule has 3 aromatic heterocycles. The number of nitrogens with one attached hydrogen (secondary N) is 1. The minimum Gasteiger partial charge on any atom is -0.495 e. The van der Waals surface area contributed by atoms with E-state index in [1.807, 2.05) is 10.9 Å². The summed E-state index contributed by atoms with van der Waals surface area (Å²) in [4.78, 5) is 16.5. The van der Waals surface area contributed by atoms with Gasteiger partial charge in [-0.3, -0.25) is 9.67 Å². The summed E-state index contributed by atoms with van der Waals surface area (Å²) < 4.78 is 7.69. The second-order valence-corrected chi connectivity index (χ2v) is 12.3. The number of hydrogen-bond acceptors (Lipinski definition) is 9. The lowest BCUT2D eigenvalue weighted by molar-refractivity contribution is -0.0611. The molecule has 3 aliphatic rings. The summed E-state index contributed by atoms with van der Waals surface area (Å²) in [6.45, 7) is 5.03. The van der Waals surface area contributed by atoms with Crippen LogP contribution < -0.4 is 15.8 Å². The molecule has 3 aromatic rings. The first kappa shape index (κ1) is 27.2. The van der Waals surface area contributed by atoms with Gasteiger partial charge in [-0.15, -0.1) is 0 Å². The molecule has 0 unspecified atom stereocenters. The van der Waals surface area contributed by atoms with Crippen LogP contribution in [0.2, 0.25) is 0 Å². The molecule has 2 aliphatic carbocycles. The van der Waals surface area contributed by atoms with Crippen molar-refractivity contribution in [1.82, 2.24) is 29.6 Å². The van der Waals surface area contributed by atoms with Gasteiger partial charge in [0.2, 0.25) is 5.95 Å². The van der Waals surface area contributed by atoms with Crippen LogP contribution in [0, 0.1) is 5.41 Å². The van der Waals surface area contributed by atoms with E-state index in [-0.39, 0.29) is 18.6 Å². The maximum absolute atomic E-state index is 9.53. The summed E-state index contributed by atoms with van der Waals surface area (Å²) in [6.07, 6.45) is 15.9. The molecule has 216 valence electrons. The first-order valence-electron chi connectivity index (χ1n) is 15.1. The van der Waals surface area contributed by atoms with E-state index in [0.717, 1.165) is 41.3 Å². The van der Waals surface area contributed by atoms with E-state index >= 15 is 0 Å². The fraction of sp³-hybridized carbons (Fsp3) is 0.667. The Bertz CT molecular complexity index is 1300. The monoisotopic (exact) mass is 548 g/mol. The van der Waals surface area contributed by atoms with Crippen LogP contribution in [-0.4, -0.2) is 73.6 Å². The summed E-state index contributed by atoms with van der Waals surface area (Å²) in [5, 5.41) is 17.6. The molecule has 40 heavy (non-hydrogen) atoms. The van der Waals surface area contributed by atoms with Gasteiger partial charge in [0.05, 0.1) is 19.9 Å². The highest BCUT2D eigenvalue weighted by Gasteiger charge is 2.50. The number of ether oxygens (including phenoxy) is 1. The molecule has 2 saturated carbocycles. The van der Waals surface area contributed by atoms with Crippen LogP contribution in [0.15, 0.2) is 18.5 Å². The number of anilines is 2. The van der Waals surface area contributed by atoms with Crippen LogP contribution in [0.1, 0.15) is 88.3 Å². The van der Waals surface area contributed by atoms with Crippen molar-refractivity contribution in [1.29, 1.82) is 0 Å². The predicted molar refractivity (Wildman–Crippen MR) is 157 cm³/mol. The SMILES string of the molecule is CCC[C@@H](CCO)Nc1nc(N)nc2cnn(Cc3ncc(C4CCN(C5CC6(CCC6)C5)CC4)cc3OC)c12. The molecule has 0 amide bonds. The summed E-state index contributed by atoms with van der Waals surface area (Å²) in [5.41, 5.74) is 10.3. The Morgan fingerprint density at radius 1 is 1.18 bits per heavy atom. The predicted octanol–water partition coefficient (Wildman–Crippen LogP) is 4.34. The minimum atomic E-state index is 0.0813. The van der Waals surface area contributed by atoms with Crippen LogP contribution in [0.5, 0.6) is 5.75 Å². The molecule has 1 atom stereocenters. The number of nitrogens with zero attached hydrogens (tertiary/aromatic N) is 6. The highest BCUT2D eigenvalue weighted by atomic mass is 16.5. The number of aliphatic hydroxyl groups is 1. The Labute approximate surface area is 236 Å². The molecule has 4 N–H and O–H groups in total. The molecule has 0 bridgehead atoms. The van der Waals surface area contributed by atoms with Gasteiger partial charge in [0.1, 0.15) is 22.5 Å². The Morgan fingerprint density at radius 2 is 1.98 bits per heavy atom. The van der Waals surface area contributed by atoms with Crippen molar-refractivity contribution in [3.8, 4) is 5.75 Å². The van der Waals surface area contributed by atoms with Crippen LogP contribution in [0.25, 0.3) is 11.0 Å². The Kier molecular flexibility index (Phi) is 7.81. The zero-order chi connectivity index (χ0) is 27.7. The topological polar surface area (TPSA) is 127 Å². The third kappa shape index (κ3) is 5.35. The van der Waals surface area contributed by atoms with Gasteiger partial charge in [-0.2, -0.15) is 10.1 Å². The van der Waals surface area contributed by atoms with Crippen LogP contribution in [0.3, 0.4) is 0 Å². The molecule has 1 spiro atoms. The fourth-order valence-corrected chi connectivity index (χ4v) is 7.25. The second kappa shape index (κ2) is 11.5. The highest BCUT2D eigenvalue weighted by Crippen LogP contribution is 2.57. The van der Waals surface area contributed by atoms with E-state index in [9.17, 15) is 5.11 Å². The molecule has 0 aromatic carbocycles. The van der Waals surface area contributed by atoms with Gasteiger partial charge in [0.25, 0.3) is 0 Å². The number of hydrogen-bond donors (Lipinski definition) is 3. The summed E-state index contributed by atoms with van der Waals surface area (Å²) in [5.74, 6) is 2.12. The van der Waals surface area contributed by atoms with Crippen molar-refractivity contribution in [3.63, 3.8) is 0 Å². The number of aliphatic hydroxyl groups excluding tert-OH is 1. The molecule has 6 rings (SSSR count). The van der Waals surface area contributed by atoms with Gasteiger partial charge < -0.3 is 25.8 Å². The Morgan fingerprint density at radius 3 is 2.65 bits per heavy atom. The summed E-state index contributed by atoms with van der Waals surface area (Å²) in [7, 11) is 1.71. The zero-order valence-corrected chi connectivity index (χ0v) is 24.0. The number of nitrogens with two attached hydrogens (primary N) is 1. The Hall–Kier alpha value is -2.98. The number of piperidine rings is 1. The van der Waals surface area contributed by atoms with Crippen molar-refractivity contribution in [2.75, 3.05) is 37.9 Å². The van der Waals surface area contributed by atoms with Crippen molar-refractivity contribution >= 4 is 22.8 Å². The van der Waals surface area contributed by atoms with E-state index < -0.39 is 0 Å². The summed E-state index contributed by atoms with van der Waals surface area (Å²) in [6, 6.07) is 3.07. The van der Waals surface area contributed by atoms with E-state index in [1.54, 1.807) is 13.3 Å². The van der Waals surface area contributed by atoms with Crippen LogP contribution >= 0.6 is 0 Å². The van der Waals surface area contributed by atoms with Gasteiger partial charge in [-0.25, -0.2) is 4.98 Å². The quantitative estimate of drug-likeness (QED) is 0.321. The number of rotatable bonds is 11. The number of likely N-dealkylation sites (tertiary alicyclic amines) is 1. The molecular weight excluding hydrogens is 504 g/mol. The van der Waals surface area contributed by atoms with Crippen LogP contribution in [0.4, 0.5) is 11.8 Å². The third-order valence-corrected chi connectivity index (χ3v) is 9.70. The highest BCUT2D eigenvalue weighted by molar-refractivity contribution is 5.86. The van der Waals surface area contributed by atoms with Crippen molar-refractivity contribution in [3.05, 3.63) is 29.7 Å². The minimum absolute atomic E-state index is 0.0813. The number of methoxy groups -OCH3 is 1. The number of pyridine rings is 1. The molecule has 1 saturated heterocycles. The standard InChI is InChI=1S/C30H44N8O2/c1-3-5-22(8-13-39)34-28-27-24(35-29(31)36-28)18-33-38(27)19-25-26(40-2)14-21(17-32-25)20-6-11-37(12-7-20)23-15-30(16-23)9-4-10-30/h14,17-18,20,22-23,39H,3-13,15-16,19H2,1-2H3,(H3,31,34,35,36)/t22-/m0/s1. The van der Waals surface area contributed by atoms with E-state index in [0.29, 0.717) is 30.2 Å². The maximum Gasteiger partial charge on any atom is 0.222 e. The van der Waals surface area contributed by atoms with Gasteiger partial charge in [0, 0.05) is 24.9 Å². The van der Waals surface area contributed by atoms with Gasteiger partial charge >= 0.3 is 0 Å². The fourth-order valence-electron chi connectivity index (χ4n) is 7.25. The van der Waals surface area contributed by atoms with Gasteiger partial charge in [-0.05, 0) is 87.4 Å². The molecule has 3 fully saturated rings. The van der Waals surface area contributed by atoms with Crippen LogP contribution in [-0.2, 0) is 6.54 Å². The third-order valence-electron chi connectivity index (χ3n) is 9.70. The lowest BCUT2D eigenvalue weighted by Gasteiger charge is -2.58. The number of nitrogen functional groups attached to an aromatic ring is 1. The van der Waals surface area contributed by atoms with E-state index in [2.05, 4.69) is 38.3 Å². The molecule has 10 nitrogen and oxygen atoms in total. The lowest BCUT2D eigenvalue weighted by Crippen LogP contribution is -2.55. The zero-order valence-electron chi connectivity index (χ0n) is 24.0. The lowest BCUT2D eigenvalue weighted by atomic mass is 9.53. The second-order valence-electron chi connectivity index (χ2n) is 12.3. The maximum atomic E-state index is 9.53. The molecular formula is C30H44N8O2. The van der Waals surface area contributed by atoms with Crippen molar-refractivity contribution < 1.29 is 9.84 Å². The number of fused-ring (bicyclic) bond motifs is 1. The smallest absolute Gasteiger partial charge is 0.222 e. The Balaban J connectivity index is 1.16. The van der Waals surface area contributed by atoms with Gasteiger partial charge in [-0.1, -0.05) is 19.8 Å². The largest absolute Gasteiger partial charge is 0.495 e. The van der Waals surface area contributed by atoms with Crippen molar-refractivity contribution in [2.45, 2.75) is 95.7 Å². The average Bonchev–Trinajstić information content (AvgIpc) is 3.30. The molecule has 10 heteroatoms. The molecule has 0 radical (unpaired) electrons. The first-order valence-corrected chi connectivity index (χ1v) is 15.1. The molecule has 4 heterocycles. The first-order chi connectivity index (χ1) is 19.5. The van der Waals surface area contributed by atoms with Crippen molar-refractivity contribution in [2.24, 2.45) is 5.41 Å². The number of aromatic nitrogens is 5. The van der Waals surface area contributed by atoms with E-state index in [1.165, 1.54) is 63.6 Å². The average molecular weight is 549 g/mol. The van der Waals surface area contributed by atoms with E-state index in [4.69, 9.17) is 15.5 Å². The summed E-state index contributed by atoms with van der Waals surface area (Å²) >= 11 is 0. The normalized spacial score (nSPS) is 20.4. The van der Waals surface area contributed by atoms with Gasteiger partial charge in [0.15, 0.2) is 5.82 Å². The molecule has 1 aliphatic heterocycles.